The number of nitrogens with one attached hydrogen (secondary N) is 1. The van der Waals surface area contributed by atoms with Gasteiger partial charge in [-0.3, -0.25) is 0 Å². The third-order valence-corrected chi connectivity index (χ3v) is 4.20. The number of fused-ring (bicyclic) bond motifs is 1. The van der Waals surface area contributed by atoms with Crippen LogP contribution in [0.15, 0.2) is 53.5 Å². The van der Waals surface area contributed by atoms with Crippen LogP contribution < -0.4 is 11.1 Å². The summed E-state index contributed by atoms with van der Waals surface area (Å²) in [6.45, 7) is 5.56. The molecule has 2 heterocycles. The number of anilines is 1. The summed E-state index contributed by atoms with van der Waals surface area (Å²) in [4.78, 5) is 4.43. The van der Waals surface area contributed by atoms with E-state index >= 15 is 0 Å². The third kappa shape index (κ3) is 3.37. The smallest absolute Gasteiger partial charge is 0.128 e. The molecule has 0 aliphatic carbocycles. The molecule has 3 N–H and O–H groups in total. The summed E-state index contributed by atoms with van der Waals surface area (Å²) in [7, 11) is 0. The highest BCUT2D eigenvalue weighted by Crippen LogP contribution is 2.35. The van der Waals surface area contributed by atoms with Gasteiger partial charge in [0, 0.05) is 13.0 Å². The monoisotopic (exact) mass is 309 g/mol. The molecule has 1 unspecified atom stereocenters. The lowest BCUT2D eigenvalue weighted by atomic mass is 9.94. The molecule has 4 heteroatoms. The number of aliphatic imine (C=N–C) groups is 1. The Kier molecular flexibility index (Phi) is 4.35. The van der Waals surface area contributed by atoms with Gasteiger partial charge < -0.3 is 15.8 Å². The maximum Gasteiger partial charge on any atom is 0.128 e. The lowest BCUT2D eigenvalue weighted by Crippen LogP contribution is -2.52. The molecule has 1 saturated heterocycles. The first kappa shape index (κ1) is 15.6. The predicted molar refractivity (Wildman–Crippen MR) is 95.4 cm³/mol. The molecule has 1 spiro atoms. The average molecular weight is 309 g/mol. The predicted octanol–water partition coefficient (Wildman–Crippen LogP) is 3.56. The van der Waals surface area contributed by atoms with E-state index in [0.29, 0.717) is 12.4 Å². The number of para-hydroxylation sites is 2. The first-order valence-corrected chi connectivity index (χ1v) is 7.92. The number of aryl methyl sites for hydroxylation is 2. The second-order valence-electron chi connectivity index (χ2n) is 6.18. The minimum absolute atomic E-state index is 0.269. The van der Waals surface area contributed by atoms with E-state index in [-0.39, 0.29) is 5.54 Å². The van der Waals surface area contributed by atoms with E-state index < -0.39 is 0 Å². The van der Waals surface area contributed by atoms with E-state index in [9.17, 15) is 0 Å². The fourth-order valence-electron chi connectivity index (χ4n) is 2.91. The molecule has 4 nitrogen and oxygen atoms in total. The molecule has 0 radical (unpaired) electrons. The van der Waals surface area contributed by atoms with Crippen molar-refractivity contribution >= 4 is 17.2 Å². The zero-order chi connectivity index (χ0) is 16.3. The van der Waals surface area contributed by atoms with Crippen LogP contribution in [-0.4, -0.2) is 24.6 Å². The van der Waals surface area contributed by atoms with Gasteiger partial charge in [-0.2, -0.15) is 0 Å². The summed E-state index contributed by atoms with van der Waals surface area (Å²) in [6, 6.07) is 16.4. The lowest BCUT2D eigenvalue weighted by Gasteiger charge is -2.33. The van der Waals surface area contributed by atoms with Crippen LogP contribution in [-0.2, 0) is 4.74 Å². The number of hydrogen-bond acceptors (Lipinski definition) is 4. The van der Waals surface area contributed by atoms with Crippen LogP contribution in [0.25, 0.3) is 0 Å². The van der Waals surface area contributed by atoms with Crippen molar-refractivity contribution in [3.63, 3.8) is 0 Å². The van der Waals surface area contributed by atoms with Crippen molar-refractivity contribution in [2.45, 2.75) is 25.8 Å². The SMILES string of the molecule is Cc1cccc(C)c1.NC1=Nc2ccccc2NC12CCOC2. The van der Waals surface area contributed by atoms with Crippen molar-refractivity contribution < 1.29 is 4.74 Å². The summed E-state index contributed by atoms with van der Waals surface area (Å²) in [6.07, 6.45) is 0.886. The van der Waals surface area contributed by atoms with Crippen LogP contribution in [0.2, 0.25) is 0 Å². The zero-order valence-corrected chi connectivity index (χ0v) is 13.7. The Morgan fingerprint density at radius 3 is 2.43 bits per heavy atom. The number of rotatable bonds is 0. The molecule has 23 heavy (non-hydrogen) atoms. The van der Waals surface area contributed by atoms with Gasteiger partial charge in [-0.15, -0.1) is 0 Å². The number of nitrogens with two attached hydrogens (primary N) is 1. The molecular formula is C19H23N3O. The largest absolute Gasteiger partial charge is 0.385 e. The van der Waals surface area contributed by atoms with Crippen molar-refractivity contribution in [3.05, 3.63) is 59.7 Å². The summed E-state index contributed by atoms with van der Waals surface area (Å²) < 4.78 is 5.40. The molecule has 4 rings (SSSR count). The van der Waals surface area contributed by atoms with Gasteiger partial charge in [-0.25, -0.2) is 4.99 Å². The molecule has 2 aliphatic rings. The summed E-state index contributed by atoms with van der Waals surface area (Å²) in [5, 5.41) is 3.44. The Labute approximate surface area is 137 Å². The van der Waals surface area contributed by atoms with Crippen LogP contribution in [0.3, 0.4) is 0 Å². The minimum Gasteiger partial charge on any atom is -0.385 e. The highest BCUT2D eigenvalue weighted by Gasteiger charge is 2.41. The molecule has 0 bridgehead atoms. The molecule has 0 saturated carbocycles. The molecule has 0 aromatic heterocycles. The first-order valence-electron chi connectivity index (χ1n) is 7.92. The Hall–Kier alpha value is -2.33. The molecule has 1 atom stereocenters. The minimum atomic E-state index is -0.269. The van der Waals surface area contributed by atoms with Gasteiger partial charge in [0.2, 0.25) is 0 Å². The Morgan fingerprint density at radius 2 is 1.83 bits per heavy atom. The Bertz CT molecular complexity index is 701. The fraction of sp³-hybridized carbons (Fsp3) is 0.316. The van der Waals surface area contributed by atoms with E-state index in [0.717, 1.165) is 24.4 Å². The highest BCUT2D eigenvalue weighted by atomic mass is 16.5. The van der Waals surface area contributed by atoms with Crippen LogP contribution in [0, 0.1) is 13.8 Å². The number of nitrogens with zero attached hydrogens (tertiary/aromatic N) is 1. The van der Waals surface area contributed by atoms with Gasteiger partial charge in [0.1, 0.15) is 11.4 Å². The van der Waals surface area contributed by atoms with Gasteiger partial charge in [0.15, 0.2) is 0 Å². The summed E-state index contributed by atoms with van der Waals surface area (Å²) in [5.41, 5.74) is 10.4. The topological polar surface area (TPSA) is 59.6 Å². The van der Waals surface area contributed by atoms with Crippen LogP contribution in [0.4, 0.5) is 11.4 Å². The van der Waals surface area contributed by atoms with Crippen molar-refractivity contribution in [1.29, 1.82) is 0 Å². The fourth-order valence-corrected chi connectivity index (χ4v) is 2.91. The second kappa shape index (κ2) is 6.42. The van der Waals surface area contributed by atoms with Gasteiger partial charge in [0.25, 0.3) is 0 Å². The van der Waals surface area contributed by atoms with Crippen LogP contribution in [0.1, 0.15) is 17.5 Å². The molecular weight excluding hydrogens is 286 g/mol. The lowest BCUT2D eigenvalue weighted by molar-refractivity contribution is 0.190. The quantitative estimate of drug-likeness (QED) is 0.782. The van der Waals surface area contributed by atoms with Crippen molar-refractivity contribution in [1.82, 2.24) is 0 Å². The van der Waals surface area contributed by atoms with Gasteiger partial charge in [-0.05, 0) is 26.0 Å². The van der Waals surface area contributed by atoms with Crippen molar-refractivity contribution in [2.24, 2.45) is 10.7 Å². The molecule has 1 fully saturated rings. The van der Waals surface area contributed by atoms with Gasteiger partial charge in [0.05, 0.1) is 18.0 Å². The third-order valence-electron chi connectivity index (χ3n) is 4.20. The number of ether oxygens (including phenoxy) is 1. The summed E-state index contributed by atoms with van der Waals surface area (Å²) >= 11 is 0. The summed E-state index contributed by atoms with van der Waals surface area (Å²) in [5.74, 6) is 0.638. The number of benzene rings is 2. The number of hydrogen-bond donors (Lipinski definition) is 2. The Morgan fingerprint density at radius 1 is 1.09 bits per heavy atom. The van der Waals surface area contributed by atoms with Gasteiger partial charge in [-0.1, -0.05) is 47.5 Å². The van der Waals surface area contributed by atoms with E-state index in [1.54, 1.807) is 0 Å². The number of amidine groups is 1. The van der Waals surface area contributed by atoms with E-state index in [2.05, 4.69) is 48.4 Å². The van der Waals surface area contributed by atoms with E-state index in [1.165, 1.54) is 11.1 Å². The van der Waals surface area contributed by atoms with Crippen molar-refractivity contribution in [2.75, 3.05) is 18.5 Å². The maximum atomic E-state index is 6.00. The standard InChI is InChI=1S/C11H13N3O.C8H10/c12-10-11(5-6-15-7-11)14-9-4-2-1-3-8(9)13-10;1-7-4-3-5-8(2)6-7/h1-4,14H,5-7H2,(H2,12,13);3-6H,1-2H3. The molecule has 2 aromatic carbocycles. The molecule has 2 aliphatic heterocycles. The van der Waals surface area contributed by atoms with E-state index in [4.69, 9.17) is 10.5 Å². The first-order chi connectivity index (χ1) is 11.1. The van der Waals surface area contributed by atoms with Gasteiger partial charge >= 0.3 is 0 Å². The van der Waals surface area contributed by atoms with Crippen LogP contribution >= 0.6 is 0 Å². The molecule has 120 valence electrons. The Balaban J connectivity index is 0.000000166. The normalized spacial score (nSPS) is 21.7. The zero-order valence-electron chi connectivity index (χ0n) is 13.7. The maximum absolute atomic E-state index is 6.00. The molecule has 0 amide bonds. The second-order valence-corrected chi connectivity index (χ2v) is 6.18. The van der Waals surface area contributed by atoms with E-state index in [1.807, 2.05) is 24.3 Å². The highest BCUT2D eigenvalue weighted by molar-refractivity contribution is 5.99. The van der Waals surface area contributed by atoms with Crippen molar-refractivity contribution in [3.8, 4) is 0 Å². The van der Waals surface area contributed by atoms with Crippen LogP contribution in [0.5, 0.6) is 0 Å². The molecule has 2 aromatic rings. The average Bonchev–Trinajstić information content (AvgIpc) is 2.98.